The van der Waals surface area contributed by atoms with Gasteiger partial charge in [0.1, 0.15) is 21.5 Å². The van der Waals surface area contributed by atoms with E-state index in [4.69, 9.17) is 21.9 Å². The van der Waals surface area contributed by atoms with E-state index in [9.17, 15) is 9.59 Å². The summed E-state index contributed by atoms with van der Waals surface area (Å²) in [5.41, 5.74) is 2.76. The Morgan fingerprint density at radius 3 is 2.46 bits per heavy atom. The summed E-state index contributed by atoms with van der Waals surface area (Å²) >= 11 is 6.48. The summed E-state index contributed by atoms with van der Waals surface area (Å²) in [6.07, 6.45) is 3.42. The maximum atomic E-state index is 13.6. The van der Waals surface area contributed by atoms with E-state index in [0.29, 0.717) is 39.3 Å². The summed E-state index contributed by atoms with van der Waals surface area (Å²) in [5.74, 6) is 1.21. The fourth-order valence-electron chi connectivity index (χ4n) is 4.34. The Bertz CT molecular complexity index is 1430. The first-order valence-electron chi connectivity index (χ1n) is 11.2. The summed E-state index contributed by atoms with van der Waals surface area (Å²) in [5, 5.41) is 0. The molecule has 5 rings (SSSR count). The van der Waals surface area contributed by atoms with Crippen LogP contribution in [0.3, 0.4) is 0 Å². The van der Waals surface area contributed by atoms with Crippen molar-refractivity contribution in [2.45, 2.75) is 6.92 Å². The van der Waals surface area contributed by atoms with Gasteiger partial charge in [-0.1, -0.05) is 42.2 Å². The van der Waals surface area contributed by atoms with Gasteiger partial charge in [0.15, 0.2) is 0 Å². The Morgan fingerprint density at radius 1 is 1.06 bits per heavy atom. The molecule has 10 heteroatoms. The molecule has 2 aliphatic heterocycles. The van der Waals surface area contributed by atoms with Crippen molar-refractivity contribution in [2.75, 3.05) is 50.1 Å². The summed E-state index contributed by atoms with van der Waals surface area (Å²) in [6, 6.07) is 11.7. The number of fused-ring (bicyclic) bond motifs is 1. The lowest BCUT2D eigenvalue weighted by Gasteiger charge is -2.37. The van der Waals surface area contributed by atoms with Gasteiger partial charge in [-0.05, 0) is 36.8 Å². The largest absolute Gasteiger partial charge is 0.495 e. The molecule has 0 N–H and O–H groups in total. The van der Waals surface area contributed by atoms with E-state index in [1.807, 2.05) is 37.3 Å². The molecular weight excluding hydrogens is 482 g/mol. The van der Waals surface area contributed by atoms with Gasteiger partial charge in [0, 0.05) is 39.4 Å². The molecule has 4 heterocycles. The van der Waals surface area contributed by atoms with Crippen LogP contribution in [-0.2, 0) is 4.79 Å². The molecule has 1 amide bonds. The molecule has 2 saturated heterocycles. The third-order valence-corrected chi connectivity index (χ3v) is 7.74. The van der Waals surface area contributed by atoms with E-state index >= 15 is 0 Å². The average molecular weight is 508 g/mol. The number of hydrogen-bond donors (Lipinski definition) is 0. The van der Waals surface area contributed by atoms with Crippen LogP contribution in [0.15, 0.2) is 52.3 Å². The number of piperazine rings is 1. The zero-order valence-corrected chi connectivity index (χ0v) is 21.4. The number of benzene rings is 1. The molecule has 8 nitrogen and oxygen atoms in total. The van der Waals surface area contributed by atoms with Crippen molar-refractivity contribution < 1.29 is 9.53 Å². The molecule has 35 heavy (non-hydrogen) atoms. The number of nitrogens with zero attached hydrogens (tertiary/aromatic N) is 5. The maximum Gasteiger partial charge on any atom is 0.267 e. The van der Waals surface area contributed by atoms with Crippen LogP contribution in [0.5, 0.6) is 5.75 Å². The van der Waals surface area contributed by atoms with E-state index in [2.05, 4.69) is 15.9 Å². The summed E-state index contributed by atoms with van der Waals surface area (Å²) in [4.78, 5) is 37.4. The van der Waals surface area contributed by atoms with Gasteiger partial charge >= 0.3 is 0 Å². The maximum absolute atomic E-state index is 13.6. The first-order valence-corrected chi connectivity index (χ1v) is 12.5. The number of rotatable bonds is 4. The van der Waals surface area contributed by atoms with Gasteiger partial charge in [0.25, 0.3) is 11.5 Å². The van der Waals surface area contributed by atoms with Gasteiger partial charge < -0.3 is 14.5 Å². The normalized spacial score (nSPS) is 17.7. The minimum atomic E-state index is -0.208. The van der Waals surface area contributed by atoms with Gasteiger partial charge in [-0.25, -0.2) is 4.98 Å². The molecule has 2 aromatic heterocycles. The molecule has 2 aliphatic rings. The number of anilines is 2. The SMILES string of the molecule is COc1ccccc1N1CCN(c2nc3ccc(C)cn3c(=O)c2/C=C2\SC(=S)N(C)C2=O)CC1. The van der Waals surface area contributed by atoms with Gasteiger partial charge in [-0.2, -0.15) is 0 Å². The molecule has 3 aromatic rings. The van der Waals surface area contributed by atoms with Crippen LogP contribution >= 0.6 is 24.0 Å². The molecule has 1 aromatic carbocycles. The molecule has 0 aliphatic carbocycles. The number of amides is 1. The Balaban J connectivity index is 1.54. The number of thioether (sulfide) groups is 1. The zero-order valence-electron chi connectivity index (χ0n) is 19.7. The second-order valence-corrected chi connectivity index (χ2v) is 10.2. The quantitative estimate of drug-likeness (QED) is 0.394. The highest BCUT2D eigenvalue weighted by atomic mass is 32.2. The van der Waals surface area contributed by atoms with Crippen LogP contribution < -0.4 is 20.1 Å². The Labute approximate surface area is 212 Å². The monoisotopic (exact) mass is 507 g/mol. The van der Waals surface area contributed by atoms with E-state index in [1.165, 1.54) is 16.7 Å². The van der Waals surface area contributed by atoms with Crippen molar-refractivity contribution in [3.05, 3.63) is 69.0 Å². The summed E-state index contributed by atoms with van der Waals surface area (Å²) in [6.45, 7) is 4.75. The smallest absolute Gasteiger partial charge is 0.267 e. The lowest BCUT2D eigenvalue weighted by atomic mass is 10.2. The molecule has 0 spiro atoms. The fraction of sp³-hybridized carbons (Fsp3) is 0.280. The van der Waals surface area contributed by atoms with Crippen LogP contribution in [0, 0.1) is 6.92 Å². The number of aromatic nitrogens is 2. The van der Waals surface area contributed by atoms with Crippen LogP contribution in [0.2, 0.25) is 0 Å². The van der Waals surface area contributed by atoms with Crippen LogP contribution in [0.1, 0.15) is 11.1 Å². The minimum Gasteiger partial charge on any atom is -0.495 e. The van der Waals surface area contributed by atoms with Crippen LogP contribution in [0.4, 0.5) is 11.5 Å². The van der Waals surface area contributed by atoms with Crippen molar-refractivity contribution in [2.24, 2.45) is 0 Å². The van der Waals surface area contributed by atoms with Crippen molar-refractivity contribution in [3.63, 3.8) is 0 Å². The summed E-state index contributed by atoms with van der Waals surface area (Å²) in [7, 11) is 3.32. The number of carbonyl (C=O) groups is 1. The molecule has 0 unspecified atom stereocenters. The van der Waals surface area contributed by atoms with Crippen molar-refractivity contribution in [1.29, 1.82) is 0 Å². The van der Waals surface area contributed by atoms with Crippen LogP contribution in [0.25, 0.3) is 11.7 Å². The molecule has 0 saturated carbocycles. The van der Waals surface area contributed by atoms with E-state index in [-0.39, 0.29) is 11.5 Å². The number of hydrogen-bond acceptors (Lipinski definition) is 8. The molecule has 0 bridgehead atoms. The standard InChI is InChI=1S/C25H25N5O3S2/c1-16-8-9-21-26-22(29-12-10-28(11-13-29)18-6-4-5-7-19(18)33-3)17(23(31)30(21)15-16)14-20-24(32)27(2)25(34)35-20/h4-9,14-15H,10-13H2,1-3H3/b20-14-. The van der Waals surface area contributed by atoms with Crippen molar-refractivity contribution >= 4 is 57.4 Å². The summed E-state index contributed by atoms with van der Waals surface area (Å²) < 4.78 is 7.55. The van der Waals surface area contributed by atoms with E-state index < -0.39 is 0 Å². The average Bonchev–Trinajstić information content (AvgIpc) is 3.12. The molecule has 0 atom stereocenters. The Morgan fingerprint density at radius 2 is 1.77 bits per heavy atom. The highest BCUT2D eigenvalue weighted by Crippen LogP contribution is 2.33. The molecule has 180 valence electrons. The third kappa shape index (κ3) is 4.28. The highest BCUT2D eigenvalue weighted by molar-refractivity contribution is 8.26. The number of carbonyl (C=O) groups excluding carboxylic acids is 1. The minimum absolute atomic E-state index is 0.206. The van der Waals surface area contributed by atoms with Gasteiger partial charge in [-0.3, -0.25) is 18.9 Å². The van der Waals surface area contributed by atoms with Crippen molar-refractivity contribution in [3.8, 4) is 5.75 Å². The van der Waals surface area contributed by atoms with Gasteiger partial charge in [-0.15, -0.1) is 0 Å². The van der Waals surface area contributed by atoms with Crippen LogP contribution in [-0.4, -0.2) is 64.8 Å². The fourth-order valence-corrected chi connectivity index (χ4v) is 5.50. The lowest BCUT2D eigenvalue weighted by Crippen LogP contribution is -2.47. The molecule has 0 radical (unpaired) electrons. The highest BCUT2D eigenvalue weighted by Gasteiger charge is 2.31. The number of ether oxygens (including phenoxy) is 1. The lowest BCUT2D eigenvalue weighted by molar-refractivity contribution is -0.121. The van der Waals surface area contributed by atoms with Gasteiger partial charge in [0.05, 0.1) is 23.3 Å². The second kappa shape index (κ2) is 9.35. The van der Waals surface area contributed by atoms with E-state index in [0.717, 1.165) is 30.1 Å². The third-order valence-electron chi connectivity index (χ3n) is 6.25. The van der Waals surface area contributed by atoms with Crippen molar-refractivity contribution in [1.82, 2.24) is 14.3 Å². The predicted molar refractivity (Wildman–Crippen MR) is 145 cm³/mol. The number of para-hydroxylation sites is 2. The Kier molecular flexibility index (Phi) is 6.24. The zero-order chi connectivity index (χ0) is 24.7. The number of methoxy groups -OCH3 is 1. The van der Waals surface area contributed by atoms with E-state index in [1.54, 1.807) is 30.8 Å². The Hall–Kier alpha value is -3.37. The second-order valence-electron chi connectivity index (χ2n) is 8.48. The predicted octanol–water partition coefficient (Wildman–Crippen LogP) is 3.17. The first kappa shape index (κ1) is 23.4. The number of thiocarbonyl (C=S) groups is 1. The van der Waals surface area contributed by atoms with Gasteiger partial charge in [0.2, 0.25) is 0 Å². The molecular formula is C25H25N5O3S2. The number of pyridine rings is 1. The first-order chi connectivity index (χ1) is 16.9. The molecule has 2 fully saturated rings. The topological polar surface area (TPSA) is 70.4 Å². The number of likely N-dealkylation sites (N-methyl/N-ethyl adjacent to an activating group) is 1. The number of aryl methyl sites for hydroxylation is 1.